The Kier molecular flexibility index (Phi) is 5.27. The molecule has 0 aromatic heterocycles. The van der Waals surface area contributed by atoms with Gasteiger partial charge in [-0.1, -0.05) is 0 Å². The third kappa shape index (κ3) is 5.60. The fourth-order valence-electron chi connectivity index (χ4n) is 0.514. The van der Waals surface area contributed by atoms with Crippen LogP contribution in [0.3, 0.4) is 0 Å². The molecule has 0 fully saturated rings. The van der Waals surface area contributed by atoms with Crippen LogP contribution in [-0.4, -0.2) is 35.1 Å². The Morgan fingerprint density at radius 2 is 1.73 bits per heavy atom. The largest absolute Gasteiger partial charge is 0.383 e. The predicted octanol–water partition coefficient (Wildman–Crippen LogP) is -2.43. The summed E-state index contributed by atoms with van der Waals surface area (Å²) in [7, 11) is 0. The molecule has 1 amide bonds. The van der Waals surface area contributed by atoms with Crippen LogP contribution in [-0.2, 0) is 24.2 Å². The molecule has 8 nitrogen and oxygen atoms in total. The first-order chi connectivity index (χ1) is 6.84. The third-order valence-electron chi connectivity index (χ3n) is 1.27. The van der Waals surface area contributed by atoms with Crippen LogP contribution in [0.2, 0.25) is 0 Å². The highest BCUT2D eigenvalue weighted by molar-refractivity contribution is 5.84. The molecule has 0 saturated carbocycles. The minimum atomic E-state index is -1.43. The Morgan fingerprint density at radius 3 is 2.13 bits per heavy atom. The Hall–Kier alpha value is -1.67. The van der Waals surface area contributed by atoms with Gasteiger partial charge in [0.2, 0.25) is 5.91 Å². The molecule has 0 saturated heterocycles. The van der Waals surface area contributed by atoms with E-state index in [0.717, 1.165) is 6.92 Å². The zero-order valence-electron chi connectivity index (χ0n) is 8.00. The molecule has 0 bridgehead atoms. The first-order valence-corrected chi connectivity index (χ1v) is 3.98. The van der Waals surface area contributed by atoms with Gasteiger partial charge in [0.1, 0.15) is 6.04 Å². The van der Waals surface area contributed by atoms with E-state index in [-0.39, 0.29) is 0 Å². The van der Waals surface area contributed by atoms with Gasteiger partial charge < -0.3 is 16.6 Å². The minimum absolute atomic E-state index is 0.426. The van der Waals surface area contributed by atoms with Crippen molar-refractivity contribution in [3.8, 4) is 0 Å². The van der Waals surface area contributed by atoms with Crippen molar-refractivity contribution < 1.29 is 29.3 Å². The molecule has 2 atom stereocenters. The van der Waals surface area contributed by atoms with Gasteiger partial charge >= 0.3 is 11.9 Å². The topological polar surface area (TPSA) is 142 Å². The van der Waals surface area contributed by atoms with Gasteiger partial charge in [-0.2, -0.15) is 0 Å². The van der Waals surface area contributed by atoms with Crippen LogP contribution in [0.25, 0.3) is 0 Å². The summed E-state index contributed by atoms with van der Waals surface area (Å²) in [5.74, 6) is -3.06. The summed E-state index contributed by atoms with van der Waals surface area (Å²) < 4.78 is 0. The normalized spacial score (nSPS) is 13.8. The van der Waals surface area contributed by atoms with Crippen molar-refractivity contribution >= 4 is 17.8 Å². The second kappa shape index (κ2) is 5.94. The van der Waals surface area contributed by atoms with Crippen molar-refractivity contribution in [2.75, 3.05) is 0 Å². The summed E-state index contributed by atoms with van der Waals surface area (Å²) in [4.78, 5) is 39.7. The maximum absolute atomic E-state index is 10.9. The average Bonchev–Trinajstić information content (AvgIpc) is 2.12. The lowest BCUT2D eigenvalue weighted by atomic mass is 10.2. The number of nitrogens with two attached hydrogens (primary N) is 2. The quantitative estimate of drug-likeness (QED) is 0.353. The minimum Gasteiger partial charge on any atom is -0.382 e. The van der Waals surface area contributed by atoms with Crippen LogP contribution in [0.4, 0.5) is 0 Å². The molecule has 5 N–H and O–H groups in total. The summed E-state index contributed by atoms with van der Waals surface area (Å²) in [5, 5.41) is 8.65. The Morgan fingerprint density at radius 1 is 1.27 bits per heavy atom. The molecule has 0 heterocycles. The Bertz CT molecular complexity index is 264. The molecule has 8 heteroatoms. The SMILES string of the molecule is CC(O)C(=O)OOC(=O)C(N)CC(N)=O. The van der Waals surface area contributed by atoms with Crippen molar-refractivity contribution in [1.82, 2.24) is 0 Å². The molecule has 0 aliphatic rings. The van der Waals surface area contributed by atoms with Crippen LogP contribution in [0, 0.1) is 0 Å². The lowest BCUT2D eigenvalue weighted by Gasteiger charge is -2.08. The third-order valence-corrected chi connectivity index (χ3v) is 1.27. The van der Waals surface area contributed by atoms with Gasteiger partial charge in [0.05, 0.1) is 6.42 Å². The van der Waals surface area contributed by atoms with E-state index in [1.165, 1.54) is 0 Å². The zero-order valence-corrected chi connectivity index (χ0v) is 8.00. The van der Waals surface area contributed by atoms with Gasteiger partial charge in [0.25, 0.3) is 0 Å². The average molecular weight is 220 g/mol. The van der Waals surface area contributed by atoms with Gasteiger partial charge in [-0.25, -0.2) is 19.4 Å². The van der Waals surface area contributed by atoms with Crippen molar-refractivity contribution in [1.29, 1.82) is 0 Å². The first-order valence-electron chi connectivity index (χ1n) is 3.98. The van der Waals surface area contributed by atoms with Crippen molar-refractivity contribution in [2.24, 2.45) is 11.5 Å². The first kappa shape index (κ1) is 13.3. The van der Waals surface area contributed by atoms with E-state index in [4.69, 9.17) is 16.6 Å². The molecule has 0 radical (unpaired) electrons. The van der Waals surface area contributed by atoms with Crippen LogP contribution in [0.1, 0.15) is 13.3 Å². The molecule has 0 rings (SSSR count). The van der Waals surface area contributed by atoms with E-state index in [1.807, 2.05) is 0 Å². The number of hydrogen-bond acceptors (Lipinski definition) is 7. The number of amides is 1. The number of carbonyl (C=O) groups is 3. The standard InChI is InChI=1S/C7H12N2O6/c1-3(10)6(12)14-15-7(13)4(8)2-5(9)11/h3-4,10H,2,8H2,1H3,(H2,9,11). The lowest BCUT2D eigenvalue weighted by molar-refractivity contribution is -0.264. The van der Waals surface area contributed by atoms with Crippen LogP contribution in [0.15, 0.2) is 0 Å². The smallest absolute Gasteiger partial charge is 0.382 e. The summed E-state index contributed by atoms with van der Waals surface area (Å²) in [6, 6.07) is -1.30. The Balaban J connectivity index is 3.93. The second-order valence-electron chi connectivity index (χ2n) is 2.76. The monoisotopic (exact) mass is 220 g/mol. The highest BCUT2D eigenvalue weighted by atomic mass is 17.2. The zero-order chi connectivity index (χ0) is 12.0. The van der Waals surface area contributed by atoms with Gasteiger partial charge in [0, 0.05) is 0 Å². The van der Waals surface area contributed by atoms with E-state index in [1.54, 1.807) is 0 Å². The van der Waals surface area contributed by atoms with Crippen LogP contribution in [0.5, 0.6) is 0 Å². The number of aliphatic hydroxyl groups excluding tert-OH is 1. The number of primary amides is 1. The maximum Gasteiger partial charge on any atom is 0.383 e. The predicted molar refractivity (Wildman–Crippen MR) is 45.7 cm³/mol. The molecule has 0 aromatic rings. The van der Waals surface area contributed by atoms with Gasteiger partial charge in [-0.05, 0) is 6.92 Å². The number of carbonyl (C=O) groups excluding carboxylic acids is 3. The van der Waals surface area contributed by atoms with E-state index < -0.39 is 36.4 Å². The molecule has 2 unspecified atom stereocenters. The highest BCUT2D eigenvalue weighted by Gasteiger charge is 2.21. The van der Waals surface area contributed by atoms with Crippen molar-refractivity contribution in [3.05, 3.63) is 0 Å². The number of aliphatic hydroxyl groups is 1. The molecule has 0 aliphatic carbocycles. The summed E-state index contributed by atoms with van der Waals surface area (Å²) >= 11 is 0. The summed E-state index contributed by atoms with van der Waals surface area (Å²) in [6.45, 7) is 1.12. The summed E-state index contributed by atoms with van der Waals surface area (Å²) in [6.07, 6.45) is -1.85. The van der Waals surface area contributed by atoms with E-state index in [0.29, 0.717) is 0 Å². The lowest BCUT2D eigenvalue weighted by Crippen LogP contribution is -2.37. The molecule has 0 aromatic carbocycles. The van der Waals surface area contributed by atoms with Crippen LogP contribution < -0.4 is 11.5 Å². The van der Waals surface area contributed by atoms with Crippen molar-refractivity contribution in [2.45, 2.75) is 25.5 Å². The van der Waals surface area contributed by atoms with E-state index in [2.05, 4.69) is 9.78 Å². The number of hydrogen-bond donors (Lipinski definition) is 3. The molecule has 0 aliphatic heterocycles. The number of rotatable bonds is 4. The molecular weight excluding hydrogens is 208 g/mol. The van der Waals surface area contributed by atoms with Gasteiger partial charge in [-0.15, -0.1) is 0 Å². The second-order valence-corrected chi connectivity index (χ2v) is 2.76. The van der Waals surface area contributed by atoms with E-state index >= 15 is 0 Å². The highest BCUT2D eigenvalue weighted by Crippen LogP contribution is 1.94. The molecule has 0 spiro atoms. The fraction of sp³-hybridized carbons (Fsp3) is 0.571. The van der Waals surface area contributed by atoms with Gasteiger partial charge in [0.15, 0.2) is 6.10 Å². The van der Waals surface area contributed by atoms with Crippen molar-refractivity contribution in [3.63, 3.8) is 0 Å². The molecule has 15 heavy (non-hydrogen) atoms. The molecule has 86 valence electrons. The maximum atomic E-state index is 10.9. The molecular formula is C7H12N2O6. The van der Waals surface area contributed by atoms with E-state index in [9.17, 15) is 14.4 Å². The fourth-order valence-corrected chi connectivity index (χ4v) is 0.514. The summed E-state index contributed by atoms with van der Waals surface area (Å²) in [5.41, 5.74) is 9.91. The Labute approximate surface area is 85.0 Å². The van der Waals surface area contributed by atoms with Gasteiger partial charge in [-0.3, -0.25) is 4.79 Å². The van der Waals surface area contributed by atoms with Crippen LogP contribution >= 0.6 is 0 Å².